The van der Waals surface area contributed by atoms with E-state index >= 15 is 0 Å². The van der Waals surface area contributed by atoms with Crippen LogP contribution < -0.4 is 16.6 Å². The Morgan fingerprint density at radius 3 is 2.62 bits per heavy atom. The van der Waals surface area contributed by atoms with Crippen molar-refractivity contribution in [3.05, 3.63) is 90.4 Å². The van der Waals surface area contributed by atoms with E-state index in [0.29, 0.717) is 35.5 Å². The highest BCUT2D eigenvalue weighted by molar-refractivity contribution is 6.35. The van der Waals surface area contributed by atoms with Gasteiger partial charge in [-0.3, -0.25) is 4.79 Å². The average molecular weight is 434 g/mol. The van der Waals surface area contributed by atoms with Crippen LogP contribution in [0.2, 0.25) is 10.0 Å². The zero-order valence-corrected chi connectivity index (χ0v) is 16.4. The number of benzene rings is 2. The first-order valence-corrected chi connectivity index (χ1v) is 9.54. The van der Waals surface area contributed by atoms with E-state index in [1.54, 1.807) is 6.07 Å². The summed E-state index contributed by atoms with van der Waals surface area (Å²) in [6, 6.07) is 8.85. The molecule has 9 heteroatoms. The number of nitrogens with one attached hydrogen (secondary N) is 1. The van der Waals surface area contributed by atoms with E-state index in [2.05, 4.69) is 5.32 Å². The number of hydrogen-bond donors (Lipinski definition) is 1. The zero-order valence-electron chi connectivity index (χ0n) is 14.9. The second-order valence-electron chi connectivity index (χ2n) is 6.57. The van der Waals surface area contributed by atoms with Crippen LogP contribution in [0.1, 0.15) is 17.7 Å². The molecule has 3 aromatic rings. The number of carbonyl (C=O) groups is 1. The van der Waals surface area contributed by atoms with Gasteiger partial charge < -0.3 is 5.32 Å². The molecule has 1 aromatic heterocycles. The van der Waals surface area contributed by atoms with E-state index in [1.165, 1.54) is 30.3 Å². The fourth-order valence-electron chi connectivity index (χ4n) is 3.46. The first-order valence-electron chi connectivity index (χ1n) is 8.79. The summed E-state index contributed by atoms with van der Waals surface area (Å²) in [4.78, 5) is 39.0. The van der Waals surface area contributed by atoms with Crippen LogP contribution in [-0.2, 0) is 12.8 Å². The Hall–Kier alpha value is -2.90. The number of halogens is 3. The molecule has 6 nitrogen and oxygen atoms in total. The van der Waals surface area contributed by atoms with Crippen molar-refractivity contribution in [2.75, 3.05) is 5.32 Å². The minimum atomic E-state index is -0.878. The lowest BCUT2D eigenvalue weighted by atomic mass is 10.2. The van der Waals surface area contributed by atoms with E-state index in [0.717, 1.165) is 15.2 Å². The van der Waals surface area contributed by atoms with Crippen LogP contribution >= 0.6 is 23.2 Å². The Labute approximate surface area is 174 Å². The third-order valence-electron chi connectivity index (χ3n) is 4.74. The Morgan fingerprint density at radius 1 is 1.07 bits per heavy atom. The Kier molecular flexibility index (Phi) is 5.02. The fraction of sp³-hybridized carbons (Fsp3) is 0.150. The summed E-state index contributed by atoms with van der Waals surface area (Å²) in [5, 5.41) is 3.16. The average Bonchev–Trinajstić information content (AvgIpc) is 3.14. The summed E-state index contributed by atoms with van der Waals surface area (Å²) in [5.41, 5.74) is -0.428. The summed E-state index contributed by atoms with van der Waals surface area (Å²) in [5.74, 6) is -0.601. The Morgan fingerprint density at radius 2 is 1.86 bits per heavy atom. The predicted octanol–water partition coefficient (Wildman–Crippen LogP) is 4.01. The monoisotopic (exact) mass is 433 g/mol. The van der Waals surface area contributed by atoms with Gasteiger partial charge in [0.25, 0.3) is 5.56 Å². The van der Waals surface area contributed by atoms with E-state index < -0.39 is 23.1 Å². The van der Waals surface area contributed by atoms with E-state index in [-0.39, 0.29) is 16.4 Å². The molecule has 2 aromatic carbocycles. The quantitative estimate of drug-likeness (QED) is 0.663. The van der Waals surface area contributed by atoms with Crippen LogP contribution in [0.15, 0.2) is 52.1 Å². The number of aromatic nitrogens is 2. The normalized spacial score (nSPS) is 12.7. The van der Waals surface area contributed by atoms with Gasteiger partial charge >= 0.3 is 11.7 Å². The van der Waals surface area contributed by atoms with Crippen molar-refractivity contribution in [1.82, 2.24) is 9.13 Å². The highest BCUT2D eigenvalue weighted by atomic mass is 35.5. The van der Waals surface area contributed by atoms with Gasteiger partial charge in [0.15, 0.2) is 0 Å². The molecular formula is C20H14Cl2FN3O3. The standard InChI is InChI=1S/C20H14Cl2FN3O3/c21-11-7-8-15(22)16(9-11)24-19(28)26-17-6-2-5-14(17)18(27)25(20(26)29)13-4-1-3-12(23)10-13/h1,3-4,7-10H,2,5-6H2,(H,24,28). The molecule has 4 rings (SSSR count). The number of rotatable bonds is 2. The molecular weight excluding hydrogens is 420 g/mol. The predicted molar refractivity (Wildman–Crippen MR) is 109 cm³/mol. The number of nitrogens with zero attached hydrogens (tertiary/aromatic N) is 2. The zero-order chi connectivity index (χ0) is 20.7. The lowest BCUT2D eigenvalue weighted by Gasteiger charge is -2.16. The largest absolute Gasteiger partial charge is 0.344 e. The molecule has 0 spiro atoms. The van der Waals surface area contributed by atoms with Gasteiger partial charge in [0.1, 0.15) is 5.82 Å². The van der Waals surface area contributed by atoms with Crippen LogP contribution in [-0.4, -0.2) is 15.2 Å². The molecule has 29 heavy (non-hydrogen) atoms. The minimum Gasteiger partial charge on any atom is -0.306 e. The molecule has 148 valence electrons. The van der Waals surface area contributed by atoms with Gasteiger partial charge in [0, 0.05) is 16.3 Å². The molecule has 1 N–H and O–H groups in total. The molecule has 0 saturated carbocycles. The minimum absolute atomic E-state index is 0.0528. The molecule has 1 amide bonds. The van der Waals surface area contributed by atoms with Gasteiger partial charge in [-0.1, -0.05) is 29.3 Å². The van der Waals surface area contributed by atoms with E-state index in [9.17, 15) is 18.8 Å². The first kappa shape index (κ1) is 19.4. The van der Waals surface area contributed by atoms with Crippen molar-refractivity contribution < 1.29 is 9.18 Å². The van der Waals surface area contributed by atoms with Crippen molar-refractivity contribution in [3.8, 4) is 5.69 Å². The summed E-state index contributed by atoms with van der Waals surface area (Å²) in [6.07, 6.45) is 1.46. The fourth-order valence-corrected chi connectivity index (χ4v) is 3.80. The molecule has 0 bridgehead atoms. The molecule has 1 heterocycles. The molecule has 0 saturated heterocycles. The molecule has 0 aliphatic heterocycles. The molecule has 1 aliphatic rings. The van der Waals surface area contributed by atoms with Gasteiger partial charge in [0.05, 0.1) is 16.4 Å². The molecule has 0 radical (unpaired) electrons. The van der Waals surface area contributed by atoms with Crippen LogP contribution in [0.3, 0.4) is 0 Å². The topological polar surface area (TPSA) is 73.1 Å². The number of carbonyl (C=O) groups excluding carboxylic acids is 1. The second kappa shape index (κ2) is 7.50. The number of hydrogen-bond acceptors (Lipinski definition) is 3. The van der Waals surface area contributed by atoms with Crippen LogP contribution in [0.4, 0.5) is 14.9 Å². The smallest absolute Gasteiger partial charge is 0.306 e. The molecule has 0 unspecified atom stereocenters. The Bertz CT molecular complexity index is 1270. The van der Waals surface area contributed by atoms with Crippen LogP contribution in [0.25, 0.3) is 5.69 Å². The maximum absolute atomic E-state index is 13.7. The van der Waals surface area contributed by atoms with Gasteiger partial charge in [-0.15, -0.1) is 0 Å². The van der Waals surface area contributed by atoms with Crippen LogP contribution in [0.5, 0.6) is 0 Å². The van der Waals surface area contributed by atoms with Crippen molar-refractivity contribution in [1.29, 1.82) is 0 Å². The van der Waals surface area contributed by atoms with E-state index in [1.807, 2.05) is 0 Å². The van der Waals surface area contributed by atoms with Crippen LogP contribution in [0, 0.1) is 5.82 Å². The first-order chi connectivity index (χ1) is 13.9. The summed E-state index contributed by atoms with van der Waals surface area (Å²) in [6.45, 7) is 0. The van der Waals surface area contributed by atoms with Crippen molar-refractivity contribution in [2.24, 2.45) is 0 Å². The number of anilines is 1. The van der Waals surface area contributed by atoms with Gasteiger partial charge in [0.2, 0.25) is 0 Å². The molecule has 1 aliphatic carbocycles. The third kappa shape index (κ3) is 3.47. The highest BCUT2D eigenvalue weighted by Crippen LogP contribution is 2.26. The maximum Gasteiger partial charge on any atom is 0.344 e. The number of amides is 1. The van der Waals surface area contributed by atoms with Crippen molar-refractivity contribution in [3.63, 3.8) is 0 Å². The SMILES string of the molecule is O=C(Nc1cc(Cl)ccc1Cl)n1c2c(c(=O)n(-c3cccc(F)c3)c1=O)CCC2. The van der Waals surface area contributed by atoms with Gasteiger partial charge in [-0.05, 0) is 55.7 Å². The number of fused-ring (bicyclic) bond motifs is 1. The van der Waals surface area contributed by atoms with E-state index in [4.69, 9.17) is 23.2 Å². The summed E-state index contributed by atoms with van der Waals surface area (Å²) in [7, 11) is 0. The lowest BCUT2D eigenvalue weighted by Crippen LogP contribution is -2.45. The molecule has 0 fully saturated rings. The summed E-state index contributed by atoms with van der Waals surface area (Å²) >= 11 is 12.0. The van der Waals surface area contributed by atoms with Crippen molar-refractivity contribution >= 4 is 34.9 Å². The lowest BCUT2D eigenvalue weighted by molar-refractivity contribution is 0.251. The van der Waals surface area contributed by atoms with Crippen molar-refractivity contribution in [2.45, 2.75) is 19.3 Å². The maximum atomic E-state index is 13.7. The summed E-state index contributed by atoms with van der Waals surface area (Å²) < 4.78 is 15.4. The second-order valence-corrected chi connectivity index (χ2v) is 7.42. The third-order valence-corrected chi connectivity index (χ3v) is 5.31. The Balaban J connectivity index is 1.90. The van der Waals surface area contributed by atoms with Gasteiger partial charge in [-0.2, -0.15) is 0 Å². The van der Waals surface area contributed by atoms with Gasteiger partial charge in [-0.25, -0.2) is 23.1 Å². The molecule has 0 atom stereocenters. The highest BCUT2D eigenvalue weighted by Gasteiger charge is 2.27.